The van der Waals surface area contributed by atoms with E-state index >= 15 is 0 Å². The molecule has 11 heteroatoms. The number of halogens is 3. The number of aromatic nitrogens is 6. The highest BCUT2D eigenvalue weighted by atomic mass is 35.5. The van der Waals surface area contributed by atoms with Gasteiger partial charge in [0.05, 0.1) is 29.0 Å². The summed E-state index contributed by atoms with van der Waals surface area (Å²) >= 11 is 12.4. The number of nitrogens with one attached hydrogen (secondary N) is 2. The van der Waals surface area contributed by atoms with E-state index in [1.165, 1.54) is 35.4 Å². The van der Waals surface area contributed by atoms with Gasteiger partial charge in [0.1, 0.15) is 23.5 Å². The first kappa shape index (κ1) is 21.3. The van der Waals surface area contributed by atoms with E-state index in [-0.39, 0.29) is 5.39 Å². The molecule has 0 saturated carbocycles. The van der Waals surface area contributed by atoms with Crippen molar-refractivity contribution in [3.63, 3.8) is 0 Å². The molecule has 33 heavy (non-hydrogen) atoms. The van der Waals surface area contributed by atoms with Crippen LogP contribution in [0.3, 0.4) is 0 Å². The molecule has 0 spiro atoms. The smallest absolute Gasteiger partial charge is 0.266 e. The van der Waals surface area contributed by atoms with E-state index in [9.17, 15) is 9.18 Å². The van der Waals surface area contributed by atoms with E-state index in [2.05, 4.69) is 25.3 Å². The number of hydrogen-bond donors (Lipinski definition) is 2. The van der Waals surface area contributed by atoms with Crippen LogP contribution < -0.4 is 10.9 Å². The van der Waals surface area contributed by atoms with Gasteiger partial charge in [-0.15, -0.1) is 0 Å². The van der Waals surface area contributed by atoms with Gasteiger partial charge in [0.2, 0.25) is 0 Å². The molecule has 0 fully saturated rings. The van der Waals surface area contributed by atoms with Gasteiger partial charge in [-0.25, -0.2) is 24.3 Å². The molecule has 166 valence electrons. The third-order valence-electron chi connectivity index (χ3n) is 5.21. The normalized spacial score (nSPS) is 12.4. The lowest BCUT2D eigenvalue weighted by molar-refractivity contribution is 0.628. The average Bonchev–Trinajstić information content (AvgIpc) is 3.27. The molecule has 3 aromatic heterocycles. The van der Waals surface area contributed by atoms with E-state index in [1.807, 2.05) is 6.92 Å². The first-order chi connectivity index (χ1) is 15.9. The van der Waals surface area contributed by atoms with Gasteiger partial charge < -0.3 is 10.3 Å². The van der Waals surface area contributed by atoms with Gasteiger partial charge in [0, 0.05) is 10.0 Å². The molecule has 0 aliphatic rings. The SMILES string of the molecule is CCC(Nc1ncnc2[nH]cnc12)c1nc2ccc(F)cc2c(=O)n1-c1cc(Cl)cc(Cl)c1. The molecule has 1 unspecified atom stereocenters. The quantitative estimate of drug-likeness (QED) is 0.362. The summed E-state index contributed by atoms with van der Waals surface area (Å²) < 4.78 is 15.3. The van der Waals surface area contributed by atoms with Crippen molar-refractivity contribution in [3.8, 4) is 5.69 Å². The standard InChI is InChI=1S/C22H16Cl2FN7O/c1-2-16(30-20-18-19(27-9-26-18)28-10-29-20)21-31-17-4-3-13(25)8-15(17)22(33)32(21)14-6-11(23)5-12(24)7-14/h3-10,16H,2H2,1H3,(H2,26,27,28,29,30). The van der Waals surface area contributed by atoms with Gasteiger partial charge in [-0.3, -0.25) is 9.36 Å². The number of imidazole rings is 1. The molecular formula is C22H16Cl2FN7O. The molecule has 0 saturated heterocycles. The van der Waals surface area contributed by atoms with Crippen LogP contribution in [0.4, 0.5) is 10.2 Å². The minimum atomic E-state index is -0.531. The Morgan fingerprint density at radius 1 is 1.12 bits per heavy atom. The summed E-state index contributed by atoms with van der Waals surface area (Å²) in [5, 5.41) is 4.16. The lowest BCUT2D eigenvalue weighted by atomic mass is 10.1. The molecule has 2 aromatic carbocycles. The molecule has 0 aliphatic heterocycles. The minimum Gasteiger partial charge on any atom is -0.358 e. The summed E-state index contributed by atoms with van der Waals surface area (Å²) in [6.45, 7) is 1.94. The Kier molecular flexibility index (Phi) is 5.43. The van der Waals surface area contributed by atoms with Crippen molar-refractivity contribution >= 4 is 51.1 Å². The zero-order chi connectivity index (χ0) is 23.1. The van der Waals surface area contributed by atoms with Gasteiger partial charge in [-0.05, 0) is 42.8 Å². The number of aromatic amines is 1. The maximum absolute atomic E-state index is 14.0. The van der Waals surface area contributed by atoms with Crippen molar-refractivity contribution in [3.05, 3.63) is 81.1 Å². The second-order valence-electron chi connectivity index (χ2n) is 7.33. The number of fused-ring (bicyclic) bond motifs is 2. The second-order valence-corrected chi connectivity index (χ2v) is 8.20. The molecule has 5 aromatic rings. The van der Waals surface area contributed by atoms with Gasteiger partial charge in [0.25, 0.3) is 5.56 Å². The van der Waals surface area contributed by atoms with Crippen LogP contribution in [-0.2, 0) is 0 Å². The highest BCUT2D eigenvalue weighted by Crippen LogP contribution is 2.28. The van der Waals surface area contributed by atoms with Crippen LogP contribution in [0.25, 0.3) is 27.8 Å². The highest BCUT2D eigenvalue weighted by Gasteiger charge is 2.22. The van der Waals surface area contributed by atoms with Gasteiger partial charge >= 0.3 is 0 Å². The number of hydrogen-bond acceptors (Lipinski definition) is 6. The minimum absolute atomic E-state index is 0.140. The Balaban J connectivity index is 1.75. The van der Waals surface area contributed by atoms with Crippen molar-refractivity contribution in [1.29, 1.82) is 0 Å². The van der Waals surface area contributed by atoms with Crippen molar-refractivity contribution in [2.45, 2.75) is 19.4 Å². The maximum atomic E-state index is 14.0. The molecule has 0 amide bonds. The highest BCUT2D eigenvalue weighted by molar-refractivity contribution is 6.34. The van der Waals surface area contributed by atoms with Crippen LogP contribution in [0.2, 0.25) is 10.0 Å². The third-order valence-corrected chi connectivity index (χ3v) is 5.65. The Morgan fingerprint density at radius 2 is 1.91 bits per heavy atom. The predicted molar refractivity (Wildman–Crippen MR) is 126 cm³/mol. The summed E-state index contributed by atoms with van der Waals surface area (Å²) in [6, 6.07) is 8.24. The van der Waals surface area contributed by atoms with Crippen molar-refractivity contribution < 1.29 is 4.39 Å². The Labute approximate surface area is 196 Å². The van der Waals surface area contributed by atoms with Gasteiger partial charge in [-0.1, -0.05) is 30.1 Å². The fourth-order valence-electron chi connectivity index (χ4n) is 3.71. The first-order valence-electron chi connectivity index (χ1n) is 10.0. The number of rotatable bonds is 5. The molecule has 0 aliphatic carbocycles. The summed E-state index contributed by atoms with van der Waals surface area (Å²) in [5.74, 6) is 0.344. The van der Waals surface area contributed by atoms with Crippen LogP contribution in [0.15, 0.2) is 53.8 Å². The van der Waals surface area contributed by atoms with E-state index in [4.69, 9.17) is 28.2 Å². The summed E-state index contributed by atoms with van der Waals surface area (Å²) in [5.41, 5.74) is 1.47. The lowest BCUT2D eigenvalue weighted by Gasteiger charge is -2.22. The number of H-pyrrole nitrogens is 1. The molecule has 0 radical (unpaired) electrons. The fraction of sp³-hybridized carbons (Fsp3) is 0.136. The number of nitrogens with zero attached hydrogens (tertiary/aromatic N) is 5. The summed E-state index contributed by atoms with van der Waals surface area (Å²) in [7, 11) is 0. The second kappa shape index (κ2) is 8.42. The molecule has 1 atom stereocenters. The largest absolute Gasteiger partial charge is 0.358 e. The van der Waals surface area contributed by atoms with E-state index in [0.29, 0.717) is 50.5 Å². The van der Waals surface area contributed by atoms with Crippen molar-refractivity contribution in [2.24, 2.45) is 0 Å². The zero-order valence-electron chi connectivity index (χ0n) is 17.2. The average molecular weight is 484 g/mol. The first-order valence-corrected chi connectivity index (χ1v) is 10.8. The Bertz CT molecular complexity index is 1550. The predicted octanol–water partition coefficient (Wildman–Crippen LogP) is 5.06. The number of anilines is 1. The Hall–Kier alpha value is -3.56. The third kappa shape index (κ3) is 3.90. The summed E-state index contributed by atoms with van der Waals surface area (Å²) in [4.78, 5) is 34.0. The van der Waals surface area contributed by atoms with Crippen LogP contribution >= 0.6 is 23.2 Å². The maximum Gasteiger partial charge on any atom is 0.266 e. The molecule has 5 rings (SSSR count). The summed E-state index contributed by atoms with van der Waals surface area (Å²) in [6.07, 6.45) is 3.48. The molecule has 3 heterocycles. The topological polar surface area (TPSA) is 101 Å². The van der Waals surface area contributed by atoms with Gasteiger partial charge in [-0.2, -0.15) is 0 Å². The molecule has 0 bridgehead atoms. The zero-order valence-corrected chi connectivity index (χ0v) is 18.7. The number of benzene rings is 2. The van der Waals surface area contributed by atoms with Crippen LogP contribution in [0, 0.1) is 5.82 Å². The van der Waals surface area contributed by atoms with E-state index in [0.717, 1.165) is 0 Å². The molecule has 2 N–H and O–H groups in total. The monoisotopic (exact) mass is 483 g/mol. The van der Waals surface area contributed by atoms with Crippen molar-refractivity contribution in [1.82, 2.24) is 29.5 Å². The fourth-order valence-corrected chi connectivity index (χ4v) is 4.23. The Morgan fingerprint density at radius 3 is 2.67 bits per heavy atom. The van der Waals surface area contributed by atoms with E-state index < -0.39 is 17.4 Å². The molecule has 8 nitrogen and oxygen atoms in total. The van der Waals surface area contributed by atoms with Crippen LogP contribution in [-0.4, -0.2) is 29.5 Å². The van der Waals surface area contributed by atoms with Gasteiger partial charge in [0.15, 0.2) is 11.5 Å². The van der Waals surface area contributed by atoms with Crippen LogP contribution in [0.1, 0.15) is 25.2 Å². The molecular weight excluding hydrogens is 468 g/mol. The van der Waals surface area contributed by atoms with Crippen LogP contribution in [0.5, 0.6) is 0 Å². The van der Waals surface area contributed by atoms with Crippen molar-refractivity contribution in [2.75, 3.05) is 5.32 Å². The van der Waals surface area contributed by atoms with E-state index in [1.54, 1.807) is 18.2 Å². The lowest BCUT2D eigenvalue weighted by Crippen LogP contribution is -2.28.